The predicted octanol–water partition coefficient (Wildman–Crippen LogP) is 6.37. The fourth-order valence-corrected chi connectivity index (χ4v) is 4.21. The van der Waals surface area contributed by atoms with Crippen LogP contribution in [-0.4, -0.2) is 9.97 Å². The lowest BCUT2D eigenvalue weighted by Crippen LogP contribution is -2.22. The maximum absolute atomic E-state index is 3.64. The number of aromatic amines is 2. The van der Waals surface area contributed by atoms with Gasteiger partial charge in [-0.15, -0.1) is 0 Å². The van der Waals surface area contributed by atoms with Crippen LogP contribution in [-0.2, 0) is 18.5 Å². The monoisotopic (exact) mass is 440 g/mol. The standard InChI is InChI=1S/C29H36N4/c1-21(23-11-7-5-8-12-23)30-19-25-15-17-27(32-25)29(3,4)28-18-16-26(33-28)20-31-22(2)24-13-9-6-10-14-24/h5-18,21-22,30-33H,19-20H2,1-4H3/t21-,22-/m0/s1. The summed E-state index contributed by atoms with van der Waals surface area (Å²) in [6.07, 6.45) is 0. The van der Waals surface area contributed by atoms with Crippen LogP contribution in [0.15, 0.2) is 84.9 Å². The first-order valence-corrected chi connectivity index (χ1v) is 11.9. The van der Waals surface area contributed by atoms with Crippen LogP contribution in [0.25, 0.3) is 0 Å². The molecule has 0 saturated carbocycles. The second kappa shape index (κ2) is 10.2. The van der Waals surface area contributed by atoms with Crippen molar-refractivity contribution in [1.29, 1.82) is 0 Å². The van der Waals surface area contributed by atoms with Gasteiger partial charge in [-0.05, 0) is 63.1 Å². The van der Waals surface area contributed by atoms with Gasteiger partial charge in [0.1, 0.15) is 0 Å². The SMILES string of the molecule is C[C@H](NCc1ccc(C(C)(C)c2ccc(CN[C@@H](C)c3ccccc3)[nH]2)[nH]1)c1ccccc1. The van der Waals surface area contributed by atoms with Crippen LogP contribution in [0.3, 0.4) is 0 Å². The molecule has 4 nitrogen and oxygen atoms in total. The summed E-state index contributed by atoms with van der Waals surface area (Å²) in [5.74, 6) is 0. The number of H-pyrrole nitrogens is 2. The highest BCUT2D eigenvalue weighted by molar-refractivity contribution is 5.33. The Balaban J connectivity index is 1.35. The molecule has 0 unspecified atom stereocenters. The Morgan fingerprint density at radius 3 is 1.39 bits per heavy atom. The van der Waals surface area contributed by atoms with E-state index in [-0.39, 0.29) is 5.41 Å². The van der Waals surface area contributed by atoms with Gasteiger partial charge in [0.05, 0.1) is 0 Å². The van der Waals surface area contributed by atoms with Crippen LogP contribution in [0.2, 0.25) is 0 Å². The zero-order chi connectivity index (χ0) is 23.3. The second-order valence-electron chi connectivity index (χ2n) is 9.45. The highest BCUT2D eigenvalue weighted by atomic mass is 14.9. The van der Waals surface area contributed by atoms with Gasteiger partial charge in [-0.1, -0.05) is 60.7 Å². The van der Waals surface area contributed by atoms with Crippen LogP contribution < -0.4 is 10.6 Å². The van der Waals surface area contributed by atoms with Crippen molar-refractivity contribution in [2.24, 2.45) is 0 Å². The van der Waals surface area contributed by atoms with Gasteiger partial charge in [0.25, 0.3) is 0 Å². The van der Waals surface area contributed by atoms with E-state index >= 15 is 0 Å². The van der Waals surface area contributed by atoms with E-state index < -0.39 is 0 Å². The molecule has 0 amide bonds. The number of aromatic nitrogens is 2. The van der Waals surface area contributed by atoms with E-state index in [1.54, 1.807) is 0 Å². The first-order valence-electron chi connectivity index (χ1n) is 11.9. The molecule has 0 aliphatic heterocycles. The maximum atomic E-state index is 3.64. The van der Waals surface area contributed by atoms with Crippen LogP contribution in [0.4, 0.5) is 0 Å². The molecule has 2 aromatic heterocycles. The van der Waals surface area contributed by atoms with Gasteiger partial charge in [0, 0.05) is 53.4 Å². The van der Waals surface area contributed by atoms with Gasteiger partial charge in [-0.25, -0.2) is 0 Å². The summed E-state index contributed by atoms with van der Waals surface area (Å²) in [4.78, 5) is 7.28. The molecule has 4 heteroatoms. The maximum Gasteiger partial charge on any atom is 0.0447 e. The number of benzene rings is 2. The van der Waals surface area contributed by atoms with E-state index in [1.165, 1.54) is 33.9 Å². The lowest BCUT2D eigenvalue weighted by atomic mass is 9.86. The molecule has 172 valence electrons. The van der Waals surface area contributed by atoms with Crippen LogP contribution in [0, 0.1) is 0 Å². The third-order valence-electron chi connectivity index (χ3n) is 6.64. The molecule has 0 radical (unpaired) electrons. The van der Waals surface area contributed by atoms with E-state index in [2.05, 4.69) is 133 Å². The summed E-state index contributed by atoms with van der Waals surface area (Å²) in [6, 6.07) is 30.5. The Morgan fingerprint density at radius 1 is 0.606 bits per heavy atom. The van der Waals surface area contributed by atoms with E-state index in [0.717, 1.165) is 13.1 Å². The average molecular weight is 441 g/mol. The topological polar surface area (TPSA) is 55.6 Å². The second-order valence-corrected chi connectivity index (χ2v) is 9.45. The van der Waals surface area contributed by atoms with Gasteiger partial charge in [-0.3, -0.25) is 0 Å². The zero-order valence-electron chi connectivity index (χ0n) is 20.2. The van der Waals surface area contributed by atoms with Crippen molar-refractivity contribution in [3.63, 3.8) is 0 Å². The number of hydrogen-bond donors (Lipinski definition) is 4. The van der Waals surface area contributed by atoms with E-state index in [4.69, 9.17) is 0 Å². The first kappa shape index (κ1) is 23.1. The predicted molar refractivity (Wildman–Crippen MR) is 137 cm³/mol. The molecule has 0 bridgehead atoms. The van der Waals surface area contributed by atoms with Crippen molar-refractivity contribution in [3.8, 4) is 0 Å². The molecule has 2 aromatic carbocycles. The minimum absolute atomic E-state index is 0.132. The highest BCUT2D eigenvalue weighted by Crippen LogP contribution is 2.30. The molecular formula is C29H36N4. The Labute approximate surface area is 197 Å². The Bertz CT molecular complexity index is 1030. The lowest BCUT2D eigenvalue weighted by molar-refractivity contribution is 0.556. The molecule has 0 fully saturated rings. The summed E-state index contributed by atoms with van der Waals surface area (Å²) in [6.45, 7) is 10.6. The zero-order valence-corrected chi connectivity index (χ0v) is 20.2. The molecule has 2 heterocycles. The summed E-state index contributed by atoms with van der Waals surface area (Å²) in [5.41, 5.74) is 7.30. The third-order valence-corrected chi connectivity index (χ3v) is 6.64. The molecule has 33 heavy (non-hydrogen) atoms. The smallest absolute Gasteiger partial charge is 0.0447 e. The Hall–Kier alpha value is -3.08. The van der Waals surface area contributed by atoms with Crippen molar-refractivity contribution < 1.29 is 0 Å². The van der Waals surface area contributed by atoms with Crippen LogP contribution >= 0.6 is 0 Å². The van der Waals surface area contributed by atoms with E-state index in [9.17, 15) is 0 Å². The molecule has 4 rings (SSSR count). The lowest BCUT2D eigenvalue weighted by Gasteiger charge is -2.23. The van der Waals surface area contributed by atoms with Crippen molar-refractivity contribution in [2.45, 2.75) is 58.3 Å². The summed E-state index contributed by atoms with van der Waals surface area (Å²) < 4.78 is 0. The summed E-state index contributed by atoms with van der Waals surface area (Å²) in [7, 11) is 0. The van der Waals surface area contributed by atoms with Gasteiger partial charge in [-0.2, -0.15) is 0 Å². The Kier molecular flexibility index (Phi) is 7.17. The molecule has 0 aliphatic rings. The molecule has 2 atom stereocenters. The number of hydrogen-bond acceptors (Lipinski definition) is 2. The summed E-state index contributed by atoms with van der Waals surface area (Å²) >= 11 is 0. The van der Waals surface area contributed by atoms with Gasteiger partial charge in [0.15, 0.2) is 0 Å². The number of nitrogens with one attached hydrogen (secondary N) is 4. The molecule has 4 aromatic rings. The van der Waals surface area contributed by atoms with Crippen molar-refractivity contribution in [1.82, 2.24) is 20.6 Å². The van der Waals surface area contributed by atoms with Crippen LogP contribution in [0.5, 0.6) is 0 Å². The minimum atomic E-state index is -0.132. The van der Waals surface area contributed by atoms with E-state index in [0.29, 0.717) is 12.1 Å². The first-order chi connectivity index (χ1) is 15.9. The summed E-state index contributed by atoms with van der Waals surface area (Å²) in [5, 5.41) is 7.23. The molecule has 0 saturated heterocycles. The fourth-order valence-electron chi connectivity index (χ4n) is 4.21. The molecule has 4 N–H and O–H groups in total. The normalized spacial score (nSPS) is 13.7. The molecular weight excluding hydrogens is 404 g/mol. The van der Waals surface area contributed by atoms with Crippen LogP contribution in [0.1, 0.15) is 73.7 Å². The van der Waals surface area contributed by atoms with Crippen molar-refractivity contribution in [3.05, 3.63) is 119 Å². The number of rotatable bonds is 10. The van der Waals surface area contributed by atoms with Gasteiger partial charge in [0.2, 0.25) is 0 Å². The third kappa shape index (κ3) is 5.65. The quantitative estimate of drug-likeness (QED) is 0.232. The Morgan fingerprint density at radius 2 is 1.00 bits per heavy atom. The largest absolute Gasteiger partial charge is 0.360 e. The van der Waals surface area contributed by atoms with Crippen molar-refractivity contribution >= 4 is 0 Å². The molecule has 0 spiro atoms. The minimum Gasteiger partial charge on any atom is -0.360 e. The molecule has 0 aliphatic carbocycles. The fraction of sp³-hybridized carbons (Fsp3) is 0.310. The highest BCUT2D eigenvalue weighted by Gasteiger charge is 2.26. The average Bonchev–Trinajstić information content (AvgIpc) is 3.53. The van der Waals surface area contributed by atoms with E-state index in [1.807, 2.05) is 0 Å². The van der Waals surface area contributed by atoms with Gasteiger partial charge < -0.3 is 20.6 Å². The van der Waals surface area contributed by atoms with Gasteiger partial charge >= 0.3 is 0 Å². The van der Waals surface area contributed by atoms with Crippen molar-refractivity contribution in [2.75, 3.05) is 0 Å².